The molecule has 1 amide bonds. The number of hydrogen-bond acceptors (Lipinski definition) is 5. The van der Waals surface area contributed by atoms with E-state index >= 15 is 0 Å². The Labute approximate surface area is 181 Å². The van der Waals surface area contributed by atoms with Crippen LogP contribution >= 0.6 is 0 Å². The van der Waals surface area contributed by atoms with Crippen molar-refractivity contribution in [1.82, 2.24) is 10.3 Å². The number of hydrogen-bond donors (Lipinski definition) is 2. The molecule has 3 aromatic carbocycles. The van der Waals surface area contributed by atoms with Crippen molar-refractivity contribution in [3.63, 3.8) is 0 Å². The van der Waals surface area contributed by atoms with E-state index in [1.165, 1.54) is 5.56 Å². The van der Waals surface area contributed by atoms with Crippen molar-refractivity contribution >= 4 is 39.3 Å². The van der Waals surface area contributed by atoms with Crippen molar-refractivity contribution in [2.45, 2.75) is 13.3 Å². The van der Waals surface area contributed by atoms with E-state index in [4.69, 9.17) is 14.5 Å². The van der Waals surface area contributed by atoms with Gasteiger partial charge in [-0.05, 0) is 48.9 Å². The SMILES string of the molecule is CNC(=O)OCCc1cccc(Nc2c3ccc(OC)cc3nc3ccc(C)cc23)c1. The summed E-state index contributed by atoms with van der Waals surface area (Å²) in [5, 5.41) is 8.14. The summed E-state index contributed by atoms with van der Waals surface area (Å²) in [6.45, 7) is 2.40. The maximum atomic E-state index is 11.3. The average Bonchev–Trinajstić information content (AvgIpc) is 2.79. The smallest absolute Gasteiger partial charge is 0.406 e. The van der Waals surface area contributed by atoms with Crippen LogP contribution in [0.2, 0.25) is 0 Å². The molecule has 0 saturated heterocycles. The number of nitrogens with one attached hydrogen (secondary N) is 2. The van der Waals surface area contributed by atoms with Crippen molar-refractivity contribution in [2.24, 2.45) is 0 Å². The number of rotatable bonds is 6. The normalized spacial score (nSPS) is 10.8. The molecule has 6 nitrogen and oxygen atoms in total. The molecule has 0 aliphatic heterocycles. The van der Waals surface area contributed by atoms with Gasteiger partial charge >= 0.3 is 6.09 Å². The number of nitrogens with zero attached hydrogens (tertiary/aromatic N) is 1. The summed E-state index contributed by atoms with van der Waals surface area (Å²) < 4.78 is 10.5. The molecule has 1 heterocycles. The van der Waals surface area contributed by atoms with E-state index < -0.39 is 6.09 Å². The maximum absolute atomic E-state index is 11.3. The van der Waals surface area contributed by atoms with Gasteiger partial charge in [-0.1, -0.05) is 23.8 Å². The van der Waals surface area contributed by atoms with Gasteiger partial charge in [-0.3, -0.25) is 0 Å². The lowest BCUT2D eigenvalue weighted by Gasteiger charge is -2.15. The number of benzene rings is 3. The highest BCUT2D eigenvalue weighted by Gasteiger charge is 2.11. The summed E-state index contributed by atoms with van der Waals surface area (Å²) in [6.07, 6.45) is 0.215. The van der Waals surface area contributed by atoms with Gasteiger partial charge in [-0.2, -0.15) is 0 Å². The molecule has 6 heteroatoms. The van der Waals surface area contributed by atoms with Crippen molar-refractivity contribution in [2.75, 3.05) is 26.1 Å². The summed E-state index contributed by atoms with van der Waals surface area (Å²) in [4.78, 5) is 16.1. The minimum Gasteiger partial charge on any atom is -0.497 e. The fourth-order valence-electron chi connectivity index (χ4n) is 3.58. The molecule has 31 heavy (non-hydrogen) atoms. The number of alkyl carbamates (subject to hydrolysis) is 1. The second kappa shape index (κ2) is 8.92. The molecule has 0 unspecified atom stereocenters. The molecule has 0 aliphatic carbocycles. The molecule has 4 rings (SSSR count). The first kappa shape index (κ1) is 20.5. The Bertz CT molecular complexity index is 1250. The fourth-order valence-corrected chi connectivity index (χ4v) is 3.58. The van der Waals surface area contributed by atoms with Gasteiger partial charge in [-0.15, -0.1) is 0 Å². The van der Waals surface area contributed by atoms with E-state index in [2.05, 4.69) is 35.8 Å². The Morgan fingerprint density at radius 1 is 1.00 bits per heavy atom. The second-order valence-electron chi connectivity index (χ2n) is 7.35. The van der Waals surface area contributed by atoms with Gasteiger partial charge in [0.05, 0.1) is 30.4 Å². The molecule has 0 fully saturated rings. The van der Waals surface area contributed by atoms with Gasteiger partial charge in [-0.25, -0.2) is 9.78 Å². The number of fused-ring (bicyclic) bond motifs is 2. The lowest BCUT2D eigenvalue weighted by atomic mass is 10.0. The lowest BCUT2D eigenvalue weighted by Crippen LogP contribution is -2.20. The predicted molar refractivity (Wildman–Crippen MR) is 124 cm³/mol. The molecule has 0 radical (unpaired) electrons. The number of aromatic nitrogens is 1. The molecule has 0 saturated carbocycles. The number of pyridine rings is 1. The Balaban J connectivity index is 1.72. The zero-order valence-corrected chi connectivity index (χ0v) is 17.9. The van der Waals surface area contributed by atoms with Crippen molar-refractivity contribution < 1.29 is 14.3 Å². The van der Waals surface area contributed by atoms with Crippen LogP contribution in [-0.2, 0) is 11.2 Å². The Hall–Kier alpha value is -3.80. The number of amides is 1. The number of methoxy groups -OCH3 is 1. The fraction of sp³-hybridized carbons (Fsp3) is 0.200. The van der Waals surface area contributed by atoms with E-state index in [0.29, 0.717) is 13.0 Å². The third kappa shape index (κ3) is 4.53. The summed E-state index contributed by atoms with van der Waals surface area (Å²) in [6, 6.07) is 20.3. The monoisotopic (exact) mass is 415 g/mol. The summed E-state index contributed by atoms with van der Waals surface area (Å²) in [7, 11) is 3.21. The highest BCUT2D eigenvalue weighted by atomic mass is 16.5. The van der Waals surface area contributed by atoms with Crippen LogP contribution in [0.1, 0.15) is 11.1 Å². The molecule has 1 aromatic heterocycles. The molecule has 0 spiro atoms. The van der Waals surface area contributed by atoms with E-state index in [0.717, 1.165) is 44.5 Å². The van der Waals surface area contributed by atoms with Crippen LogP contribution in [0.5, 0.6) is 5.75 Å². The number of carbonyl (C=O) groups excluding carboxylic acids is 1. The number of ether oxygens (including phenoxy) is 2. The van der Waals surface area contributed by atoms with Crippen LogP contribution in [0.15, 0.2) is 60.7 Å². The first-order valence-electron chi connectivity index (χ1n) is 10.2. The highest BCUT2D eigenvalue weighted by Crippen LogP contribution is 2.35. The average molecular weight is 415 g/mol. The second-order valence-corrected chi connectivity index (χ2v) is 7.35. The van der Waals surface area contributed by atoms with E-state index in [9.17, 15) is 4.79 Å². The van der Waals surface area contributed by atoms with Gasteiger partial charge in [0, 0.05) is 36.0 Å². The third-order valence-electron chi connectivity index (χ3n) is 5.16. The zero-order chi connectivity index (χ0) is 21.8. The van der Waals surface area contributed by atoms with Crippen LogP contribution in [0.3, 0.4) is 0 Å². The van der Waals surface area contributed by atoms with Crippen LogP contribution in [0.4, 0.5) is 16.2 Å². The van der Waals surface area contributed by atoms with Crippen molar-refractivity contribution in [1.29, 1.82) is 0 Å². The van der Waals surface area contributed by atoms with Gasteiger partial charge in [0.25, 0.3) is 0 Å². The van der Waals surface area contributed by atoms with Gasteiger partial charge < -0.3 is 20.1 Å². The van der Waals surface area contributed by atoms with Crippen molar-refractivity contribution in [3.8, 4) is 5.75 Å². The third-order valence-corrected chi connectivity index (χ3v) is 5.16. The minimum absolute atomic E-state index is 0.323. The van der Waals surface area contributed by atoms with Gasteiger partial charge in [0.15, 0.2) is 0 Å². The zero-order valence-electron chi connectivity index (χ0n) is 17.9. The molecule has 4 aromatic rings. The topological polar surface area (TPSA) is 72.5 Å². The molecule has 158 valence electrons. The van der Waals surface area contributed by atoms with Crippen LogP contribution < -0.4 is 15.4 Å². The number of aryl methyl sites for hydroxylation is 1. The molecular formula is C25H25N3O3. The predicted octanol–water partition coefficient (Wildman–Crippen LogP) is 5.35. The Morgan fingerprint density at radius 3 is 2.68 bits per heavy atom. The van der Waals surface area contributed by atoms with E-state index in [1.54, 1.807) is 14.2 Å². The first-order valence-corrected chi connectivity index (χ1v) is 10.2. The number of carbonyl (C=O) groups is 1. The highest BCUT2D eigenvalue weighted by molar-refractivity contribution is 6.09. The van der Waals surface area contributed by atoms with E-state index in [-0.39, 0.29) is 0 Å². The van der Waals surface area contributed by atoms with Crippen molar-refractivity contribution in [3.05, 3.63) is 71.8 Å². The number of anilines is 2. The van der Waals surface area contributed by atoms with Crippen LogP contribution in [0.25, 0.3) is 21.8 Å². The standard InChI is InChI=1S/C25H25N3O3/c1-16-7-10-22-21(13-16)24(20-9-8-19(30-3)15-23(20)28-22)27-18-6-4-5-17(14-18)11-12-31-25(29)26-2/h4-10,13-15H,11-12H2,1-3H3,(H,26,29)(H,27,28). The van der Waals surface area contributed by atoms with E-state index in [1.807, 2.05) is 42.5 Å². The van der Waals surface area contributed by atoms with Gasteiger partial charge in [0.1, 0.15) is 5.75 Å². The lowest BCUT2D eigenvalue weighted by molar-refractivity contribution is 0.150. The summed E-state index contributed by atoms with van der Waals surface area (Å²) in [5.74, 6) is 0.774. The summed E-state index contributed by atoms with van der Waals surface area (Å²) in [5.41, 5.74) is 6.01. The summed E-state index contributed by atoms with van der Waals surface area (Å²) >= 11 is 0. The first-order chi connectivity index (χ1) is 15.1. The molecular weight excluding hydrogens is 390 g/mol. The largest absolute Gasteiger partial charge is 0.497 e. The molecule has 2 N–H and O–H groups in total. The quantitative estimate of drug-likeness (QED) is 0.416. The van der Waals surface area contributed by atoms with Crippen LogP contribution in [0, 0.1) is 6.92 Å². The molecule has 0 atom stereocenters. The molecule has 0 aliphatic rings. The van der Waals surface area contributed by atoms with Gasteiger partial charge in [0.2, 0.25) is 0 Å². The Kier molecular flexibility index (Phi) is 5.89. The van der Waals surface area contributed by atoms with Crippen LogP contribution in [-0.4, -0.2) is 31.8 Å². The molecule has 0 bridgehead atoms. The Morgan fingerprint density at radius 2 is 1.87 bits per heavy atom. The maximum Gasteiger partial charge on any atom is 0.406 e. The minimum atomic E-state index is -0.421.